The van der Waals surface area contributed by atoms with Crippen LogP contribution in [0.5, 0.6) is 17.2 Å². The van der Waals surface area contributed by atoms with E-state index in [1.165, 1.54) is 21.3 Å². The number of nitrogens with zero attached hydrogens (tertiary/aromatic N) is 1. The van der Waals surface area contributed by atoms with Crippen LogP contribution in [0, 0.1) is 0 Å². The van der Waals surface area contributed by atoms with Crippen LogP contribution in [-0.4, -0.2) is 50.3 Å². The Morgan fingerprint density at radius 3 is 2.00 bits per heavy atom. The standard InChI is InChI=1S/C32H30N2O7/c1-34-16-8-11-26(34)31(36)33-29(35)20-41-32(37)25(17-21-18-27(38-2)30(40-4)28(19-21)39-3)24-14-12-23(13-15-24)22-9-6-5-7-10-22/h5-19H,20H2,1-4H3,(H,33,35,36)/b25-17+. The monoisotopic (exact) mass is 554 g/mol. The minimum atomic E-state index is -0.757. The highest BCUT2D eigenvalue weighted by atomic mass is 16.5. The van der Waals surface area contributed by atoms with Gasteiger partial charge in [-0.05, 0) is 52.6 Å². The zero-order valence-electron chi connectivity index (χ0n) is 23.2. The molecule has 3 aromatic carbocycles. The molecule has 0 fully saturated rings. The van der Waals surface area contributed by atoms with Crippen LogP contribution in [0.25, 0.3) is 22.8 Å². The van der Waals surface area contributed by atoms with Crippen molar-refractivity contribution in [2.45, 2.75) is 0 Å². The number of esters is 1. The summed E-state index contributed by atoms with van der Waals surface area (Å²) in [4.78, 5) is 38.2. The minimum absolute atomic E-state index is 0.181. The van der Waals surface area contributed by atoms with Crippen LogP contribution in [0.2, 0.25) is 0 Å². The third-order valence-corrected chi connectivity index (χ3v) is 6.28. The normalized spacial score (nSPS) is 11.0. The first-order valence-electron chi connectivity index (χ1n) is 12.6. The maximum Gasteiger partial charge on any atom is 0.339 e. The van der Waals surface area contributed by atoms with Crippen molar-refractivity contribution in [3.63, 3.8) is 0 Å². The van der Waals surface area contributed by atoms with Gasteiger partial charge in [-0.25, -0.2) is 4.79 Å². The number of imide groups is 1. The molecule has 0 aliphatic heterocycles. The smallest absolute Gasteiger partial charge is 0.339 e. The van der Waals surface area contributed by atoms with E-state index in [-0.39, 0.29) is 5.57 Å². The lowest BCUT2D eigenvalue weighted by Crippen LogP contribution is -2.35. The summed E-state index contributed by atoms with van der Waals surface area (Å²) >= 11 is 0. The molecule has 41 heavy (non-hydrogen) atoms. The highest BCUT2D eigenvalue weighted by Gasteiger charge is 2.20. The average molecular weight is 555 g/mol. The second-order valence-corrected chi connectivity index (χ2v) is 8.92. The number of aryl methyl sites for hydroxylation is 1. The van der Waals surface area contributed by atoms with Crippen LogP contribution in [0.15, 0.2) is 85.1 Å². The van der Waals surface area contributed by atoms with Crippen LogP contribution in [-0.2, 0) is 21.4 Å². The van der Waals surface area contributed by atoms with E-state index in [0.717, 1.165) is 11.1 Å². The van der Waals surface area contributed by atoms with E-state index < -0.39 is 24.4 Å². The van der Waals surface area contributed by atoms with E-state index in [1.54, 1.807) is 60.3 Å². The van der Waals surface area contributed by atoms with Gasteiger partial charge in [0.2, 0.25) is 5.75 Å². The van der Waals surface area contributed by atoms with Gasteiger partial charge >= 0.3 is 5.97 Å². The lowest BCUT2D eigenvalue weighted by Gasteiger charge is -2.14. The van der Waals surface area contributed by atoms with E-state index in [0.29, 0.717) is 34.1 Å². The summed E-state index contributed by atoms with van der Waals surface area (Å²) in [5.41, 5.74) is 3.60. The molecule has 4 aromatic rings. The number of amides is 2. The third-order valence-electron chi connectivity index (χ3n) is 6.28. The fraction of sp³-hybridized carbons (Fsp3) is 0.156. The second-order valence-electron chi connectivity index (χ2n) is 8.92. The Labute approximate surface area is 237 Å². The molecule has 0 radical (unpaired) electrons. The van der Waals surface area contributed by atoms with E-state index in [9.17, 15) is 14.4 Å². The summed E-state index contributed by atoms with van der Waals surface area (Å²) < 4.78 is 23.2. The van der Waals surface area contributed by atoms with Gasteiger partial charge in [0.25, 0.3) is 11.8 Å². The molecule has 210 valence electrons. The summed E-state index contributed by atoms with van der Waals surface area (Å²) in [6, 6.07) is 23.8. The molecule has 1 heterocycles. The number of benzene rings is 3. The minimum Gasteiger partial charge on any atom is -0.493 e. The number of carbonyl (C=O) groups excluding carboxylic acids is 3. The van der Waals surface area contributed by atoms with Gasteiger partial charge < -0.3 is 23.5 Å². The molecule has 0 spiro atoms. The van der Waals surface area contributed by atoms with E-state index in [2.05, 4.69) is 5.32 Å². The first kappa shape index (κ1) is 28.7. The molecule has 0 atom stereocenters. The van der Waals surface area contributed by atoms with Crippen LogP contribution < -0.4 is 19.5 Å². The summed E-state index contributed by atoms with van der Waals surface area (Å²) in [7, 11) is 6.18. The maximum absolute atomic E-state index is 13.4. The Hall–Kier alpha value is -5.31. The molecule has 0 aliphatic carbocycles. The highest BCUT2D eigenvalue weighted by molar-refractivity contribution is 6.22. The predicted molar refractivity (Wildman–Crippen MR) is 155 cm³/mol. The van der Waals surface area contributed by atoms with Crippen molar-refractivity contribution >= 4 is 29.4 Å². The molecule has 4 rings (SSSR count). The Bertz CT molecular complexity index is 1550. The number of hydrogen-bond acceptors (Lipinski definition) is 7. The van der Waals surface area contributed by atoms with Gasteiger partial charge in [0.1, 0.15) is 5.69 Å². The Balaban J connectivity index is 1.63. The third kappa shape index (κ3) is 6.83. The number of aromatic nitrogens is 1. The van der Waals surface area contributed by atoms with Crippen LogP contribution in [0.3, 0.4) is 0 Å². The van der Waals surface area contributed by atoms with Crippen LogP contribution in [0.1, 0.15) is 21.6 Å². The fourth-order valence-corrected chi connectivity index (χ4v) is 4.22. The van der Waals surface area contributed by atoms with Gasteiger partial charge in [-0.2, -0.15) is 0 Å². The first-order chi connectivity index (χ1) is 19.8. The van der Waals surface area contributed by atoms with E-state index in [4.69, 9.17) is 18.9 Å². The van der Waals surface area contributed by atoms with Crippen molar-refractivity contribution in [2.75, 3.05) is 27.9 Å². The van der Waals surface area contributed by atoms with Gasteiger partial charge in [0.05, 0.1) is 26.9 Å². The molecule has 0 aliphatic rings. The molecular weight excluding hydrogens is 524 g/mol. The topological polar surface area (TPSA) is 105 Å². The van der Waals surface area contributed by atoms with E-state index >= 15 is 0 Å². The van der Waals surface area contributed by atoms with Gasteiger partial charge in [-0.3, -0.25) is 14.9 Å². The molecule has 2 amide bonds. The molecule has 1 N–H and O–H groups in total. The Morgan fingerprint density at radius 2 is 1.44 bits per heavy atom. The summed E-state index contributed by atoms with van der Waals surface area (Å²) in [6.45, 7) is -0.649. The number of nitrogens with one attached hydrogen (secondary N) is 1. The molecule has 0 unspecified atom stereocenters. The highest BCUT2D eigenvalue weighted by Crippen LogP contribution is 2.39. The summed E-state index contributed by atoms with van der Waals surface area (Å²) in [5.74, 6) is -0.886. The molecule has 9 nitrogen and oxygen atoms in total. The van der Waals surface area contributed by atoms with Crippen molar-refractivity contribution in [1.82, 2.24) is 9.88 Å². The number of rotatable bonds is 10. The van der Waals surface area contributed by atoms with Gasteiger partial charge in [-0.15, -0.1) is 0 Å². The Morgan fingerprint density at radius 1 is 0.805 bits per heavy atom. The van der Waals surface area contributed by atoms with Crippen molar-refractivity contribution in [3.8, 4) is 28.4 Å². The molecule has 9 heteroatoms. The van der Waals surface area contributed by atoms with Crippen molar-refractivity contribution in [3.05, 3.63) is 102 Å². The zero-order valence-corrected chi connectivity index (χ0v) is 23.2. The molecule has 0 saturated carbocycles. The number of methoxy groups -OCH3 is 3. The van der Waals surface area contributed by atoms with Gasteiger partial charge in [-0.1, -0.05) is 54.6 Å². The molecular formula is C32H30N2O7. The van der Waals surface area contributed by atoms with Gasteiger partial charge in [0, 0.05) is 13.2 Å². The fourth-order valence-electron chi connectivity index (χ4n) is 4.22. The lowest BCUT2D eigenvalue weighted by atomic mass is 9.98. The lowest BCUT2D eigenvalue weighted by molar-refractivity contribution is -0.142. The van der Waals surface area contributed by atoms with Crippen molar-refractivity contribution in [2.24, 2.45) is 7.05 Å². The van der Waals surface area contributed by atoms with Crippen LogP contribution in [0.4, 0.5) is 0 Å². The second kappa shape index (κ2) is 13.2. The SMILES string of the molecule is COc1cc(/C=C(/C(=O)OCC(=O)NC(=O)c2cccn2C)c2ccc(-c3ccccc3)cc2)cc(OC)c1OC. The molecule has 0 bridgehead atoms. The van der Waals surface area contributed by atoms with Crippen molar-refractivity contribution < 1.29 is 33.3 Å². The number of hydrogen-bond donors (Lipinski definition) is 1. The first-order valence-corrected chi connectivity index (χ1v) is 12.6. The number of carbonyl (C=O) groups is 3. The predicted octanol–water partition coefficient (Wildman–Crippen LogP) is 4.76. The summed E-state index contributed by atoms with van der Waals surface area (Å²) in [6.07, 6.45) is 3.29. The summed E-state index contributed by atoms with van der Waals surface area (Å²) in [5, 5.41) is 2.23. The number of ether oxygens (including phenoxy) is 4. The Kier molecular flexibility index (Phi) is 9.21. The van der Waals surface area contributed by atoms with Crippen LogP contribution >= 0.6 is 0 Å². The van der Waals surface area contributed by atoms with Crippen molar-refractivity contribution in [1.29, 1.82) is 0 Å². The largest absolute Gasteiger partial charge is 0.493 e. The quantitative estimate of drug-likeness (QED) is 0.171. The van der Waals surface area contributed by atoms with Gasteiger partial charge in [0.15, 0.2) is 18.1 Å². The molecule has 0 saturated heterocycles. The van der Waals surface area contributed by atoms with E-state index in [1.807, 2.05) is 42.5 Å². The zero-order chi connectivity index (χ0) is 29.4. The average Bonchev–Trinajstić information content (AvgIpc) is 3.44. The molecule has 1 aromatic heterocycles. The maximum atomic E-state index is 13.4.